The van der Waals surface area contributed by atoms with Crippen LogP contribution in [0.15, 0.2) is 34.8 Å². The molecule has 2 nitrogen and oxygen atoms in total. The molecule has 0 amide bonds. The van der Waals surface area contributed by atoms with Gasteiger partial charge in [0, 0.05) is 5.54 Å². The second-order valence-electron chi connectivity index (χ2n) is 3.34. The van der Waals surface area contributed by atoms with Crippen LogP contribution >= 0.6 is 23.2 Å². The Kier molecular flexibility index (Phi) is 5.67. The van der Waals surface area contributed by atoms with E-state index in [9.17, 15) is 5.11 Å². The third-order valence-electron chi connectivity index (χ3n) is 2.15. The maximum Gasteiger partial charge on any atom is 0.125 e. The topological polar surface area (TPSA) is 29.5 Å². The van der Waals surface area contributed by atoms with Crippen LogP contribution in [-0.4, -0.2) is 11.7 Å². The molecule has 0 aliphatic carbocycles. The van der Waals surface area contributed by atoms with Crippen molar-refractivity contribution >= 4 is 23.2 Å². The van der Waals surface area contributed by atoms with Gasteiger partial charge in [-0.2, -0.15) is 0 Å². The molecule has 0 saturated heterocycles. The number of rotatable bonds is 5. The largest absolute Gasteiger partial charge is 0.488 e. The smallest absolute Gasteiger partial charge is 0.125 e. The van der Waals surface area contributed by atoms with E-state index in [1.807, 2.05) is 19.1 Å². The molecule has 1 rings (SSSR count). The van der Waals surface area contributed by atoms with E-state index < -0.39 is 6.10 Å². The first-order chi connectivity index (χ1) is 7.67. The lowest BCUT2D eigenvalue weighted by Crippen LogP contribution is -1.98. The fourth-order valence-corrected chi connectivity index (χ4v) is 1.32. The quantitative estimate of drug-likeness (QED) is 0.872. The summed E-state index contributed by atoms with van der Waals surface area (Å²) in [7, 11) is 0. The van der Waals surface area contributed by atoms with Crippen LogP contribution in [0.2, 0.25) is 0 Å². The Morgan fingerprint density at radius 1 is 1.44 bits per heavy atom. The van der Waals surface area contributed by atoms with Crippen LogP contribution in [0.3, 0.4) is 0 Å². The molecule has 0 saturated carbocycles. The maximum absolute atomic E-state index is 9.59. The number of aliphatic hydroxyl groups excluding tert-OH is 1. The lowest BCUT2D eigenvalue weighted by atomic mass is 10.1. The van der Waals surface area contributed by atoms with Crippen LogP contribution in [0.1, 0.15) is 25.0 Å². The van der Waals surface area contributed by atoms with Gasteiger partial charge in [-0.05, 0) is 24.1 Å². The number of benzene rings is 1. The van der Waals surface area contributed by atoms with Crippen LogP contribution in [0, 0.1) is 0 Å². The highest BCUT2D eigenvalue weighted by atomic mass is 35.5. The molecule has 88 valence electrons. The molecule has 0 spiro atoms. The second kappa shape index (κ2) is 6.79. The van der Waals surface area contributed by atoms with Crippen molar-refractivity contribution in [2.75, 3.05) is 6.61 Å². The second-order valence-corrected chi connectivity index (χ2v) is 4.04. The van der Waals surface area contributed by atoms with Gasteiger partial charge in [-0.1, -0.05) is 42.3 Å². The zero-order valence-electron chi connectivity index (χ0n) is 8.99. The molecule has 4 heteroatoms. The molecular formula is C12H14Cl2O2. The summed E-state index contributed by atoms with van der Waals surface area (Å²) in [4.78, 5) is 0. The summed E-state index contributed by atoms with van der Waals surface area (Å²) < 4.78 is 5.36. The molecule has 0 bridgehead atoms. The van der Waals surface area contributed by atoms with Gasteiger partial charge in [-0.15, -0.1) is 0 Å². The van der Waals surface area contributed by atoms with Crippen molar-refractivity contribution in [2.45, 2.75) is 19.4 Å². The molecule has 0 fully saturated rings. The summed E-state index contributed by atoms with van der Waals surface area (Å²) in [5.41, 5.74) is 2.16. The number of aliphatic hydroxyl groups is 1. The number of hydrogen-bond donors (Lipinski definition) is 1. The third-order valence-corrected chi connectivity index (χ3v) is 2.74. The van der Waals surface area contributed by atoms with Crippen molar-refractivity contribution < 1.29 is 9.84 Å². The molecule has 0 unspecified atom stereocenters. The summed E-state index contributed by atoms with van der Waals surface area (Å²) in [5, 5.41) is 10.0. The Morgan fingerprint density at radius 3 is 2.56 bits per heavy atom. The minimum atomic E-state index is -0.416. The Labute approximate surface area is 105 Å². The Morgan fingerprint density at radius 2 is 2.06 bits per heavy atom. The van der Waals surface area contributed by atoms with Crippen molar-refractivity contribution in [2.24, 2.45) is 0 Å². The lowest BCUT2D eigenvalue weighted by molar-refractivity contribution is 0.173. The zero-order valence-corrected chi connectivity index (χ0v) is 10.5. The molecule has 1 aromatic carbocycles. The highest BCUT2D eigenvalue weighted by Gasteiger charge is 2.04. The molecule has 1 aromatic rings. The number of hydrogen-bond acceptors (Lipinski definition) is 2. The first-order valence-electron chi connectivity index (χ1n) is 5.03. The highest BCUT2D eigenvalue weighted by Crippen LogP contribution is 2.20. The van der Waals surface area contributed by atoms with E-state index in [4.69, 9.17) is 27.9 Å². The lowest BCUT2D eigenvalue weighted by Gasteiger charge is -2.09. The van der Waals surface area contributed by atoms with Gasteiger partial charge in [-0.25, -0.2) is 0 Å². The first kappa shape index (κ1) is 13.4. The number of halogens is 2. The van der Waals surface area contributed by atoms with Crippen molar-refractivity contribution in [1.29, 1.82) is 0 Å². The van der Waals surface area contributed by atoms with E-state index in [-0.39, 0.29) is 6.61 Å². The predicted octanol–water partition coefficient (Wildman–Crippen LogP) is 3.83. The van der Waals surface area contributed by atoms with E-state index in [2.05, 4.69) is 0 Å². The highest BCUT2D eigenvalue weighted by molar-refractivity contribution is 6.36. The predicted molar refractivity (Wildman–Crippen MR) is 67.0 cm³/mol. The van der Waals surface area contributed by atoms with Crippen molar-refractivity contribution in [3.8, 4) is 5.75 Å². The zero-order chi connectivity index (χ0) is 12.0. The van der Waals surface area contributed by atoms with E-state index in [1.165, 1.54) is 5.54 Å². The van der Waals surface area contributed by atoms with Gasteiger partial charge >= 0.3 is 0 Å². The van der Waals surface area contributed by atoms with Crippen LogP contribution in [0.25, 0.3) is 0 Å². The minimum Gasteiger partial charge on any atom is -0.488 e. The molecular weight excluding hydrogens is 247 g/mol. The van der Waals surface area contributed by atoms with E-state index in [0.717, 1.165) is 5.56 Å². The van der Waals surface area contributed by atoms with Crippen LogP contribution in [-0.2, 0) is 0 Å². The first-order valence-corrected chi connectivity index (χ1v) is 5.84. The van der Waals surface area contributed by atoms with Crippen LogP contribution in [0.5, 0.6) is 5.75 Å². The van der Waals surface area contributed by atoms with Crippen molar-refractivity contribution in [3.05, 3.63) is 40.4 Å². The molecule has 0 aromatic heterocycles. The average molecular weight is 261 g/mol. The normalized spacial score (nSPS) is 13.6. The summed E-state index contributed by atoms with van der Waals surface area (Å²) >= 11 is 11.1. The van der Waals surface area contributed by atoms with Gasteiger partial charge in [0.2, 0.25) is 0 Å². The van der Waals surface area contributed by atoms with Gasteiger partial charge in [0.25, 0.3) is 0 Å². The molecule has 0 aliphatic heterocycles. The van der Waals surface area contributed by atoms with Crippen molar-refractivity contribution in [1.82, 2.24) is 0 Å². The van der Waals surface area contributed by atoms with Gasteiger partial charge in [-0.3, -0.25) is 0 Å². The fourth-order valence-electron chi connectivity index (χ4n) is 1.21. The minimum absolute atomic E-state index is 0.251. The summed E-state index contributed by atoms with van der Waals surface area (Å²) in [5.74, 6) is 0.698. The summed E-state index contributed by atoms with van der Waals surface area (Å²) in [6, 6.07) is 7.27. The molecule has 0 aliphatic rings. The molecule has 0 radical (unpaired) electrons. The van der Waals surface area contributed by atoms with Gasteiger partial charge in [0.05, 0.1) is 11.1 Å². The molecule has 16 heavy (non-hydrogen) atoms. The standard InChI is InChI=1S/C12H14Cl2O2/c1-2-12(15)9-3-5-11(6-4-9)16-8-10(14)7-13/h3-7,12,15H,2,8H2,1H3/t12-/m1/s1. The van der Waals surface area contributed by atoms with E-state index >= 15 is 0 Å². The van der Waals surface area contributed by atoms with Gasteiger partial charge in [0.1, 0.15) is 12.4 Å². The third kappa shape index (κ3) is 4.05. The van der Waals surface area contributed by atoms with E-state index in [0.29, 0.717) is 17.2 Å². The Bertz CT molecular complexity index is 347. The molecule has 1 atom stereocenters. The average Bonchev–Trinajstić information content (AvgIpc) is 2.35. The monoisotopic (exact) mass is 260 g/mol. The van der Waals surface area contributed by atoms with Crippen LogP contribution < -0.4 is 4.74 Å². The van der Waals surface area contributed by atoms with E-state index in [1.54, 1.807) is 12.1 Å². The number of ether oxygens (including phenoxy) is 1. The summed E-state index contributed by atoms with van der Waals surface area (Å²) in [6.07, 6.45) is 0.279. The SMILES string of the molecule is CC[C@@H](O)c1ccc(OCC(Cl)=CCl)cc1. The fraction of sp³-hybridized carbons (Fsp3) is 0.333. The van der Waals surface area contributed by atoms with Gasteiger partial charge in [0.15, 0.2) is 0 Å². The summed E-state index contributed by atoms with van der Waals surface area (Å²) in [6.45, 7) is 2.18. The maximum atomic E-state index is 9.59. The molecule has 0 heterocycles. The van der Waals surface area contributed by atoms with Gasteiger partial charge < -0.3 is 9.84 Å². The van der Waals surface area contributed by atoms with Crippen LogP contribution in [0.4, 0.5) is 0 Å². The molecule has 1 N–H and O–H groups in total. The Balaban J connectivity index is 2.58. The van der Waals surface area contributed by atoms with Crippen molar-refractivity contribution in [3.63, 3.8) is 0 Å². The Hall–Kier alpha value is -0.700.